The maximum atomic E-state index is 9.41. The van der Waals surface area contributed by atoms with Gasteiger partial charge in [0.15, 0.2) is 0 Å². The van der Waals surface area contributed by atoms with Crippen LogP contribution in [-0.4, -0.2) is 49.7 Å². The van der Waals surface area contributed by atoms with E-state index < -0.39 is 0 Å². The van der Waals surface area contributed by atoms with Crippen molar-refractivity contribution in [3.05, 3.63) is 0 Å². The summed E-state index contributed by atoms with van der Waals surface area (Å²) in [6.45, 7) is 9.63. The third kappa shape index (κ3) is 5.34. The quantitative estimate of drug-likeness (QED) is 0.674. The summed E-state index contributed by atoms with van der Waals surface area (Å²) in [4.78, 5) is 0. The van der Waals surface area contributed by atoms with Gasteiger partial charge >= 0.3 is 0 Å². The lowest BCUT2D eigenvalue weighted by Crippen LogP contribution is -2.48. The zero-order valence-electron chi connectivity index (χ0n) is 11.4. The Morgan fingerprint density at radius 2 is 2.35 bits per heavy atom. The topological polar surface area (TPSA) is 50.7 Å². The molecule has 3 atom stereocenters. The van der Waals surface area contributed by atoms with Crippen LogP contribution in [0, 0.1) is 5.92 Å². The molecule has 0 bridgehead atoms. The van der Waals surface area contributed by atoms with Crippen LogP contribution in [0.15, 0.2) is 0 Å². The van der Waals surface area contributed by atoms with Crippen molar-refractivity contribution in [3.8, 4) is 0 Å². The van der Waals surface area contributed by atoms with Crippen LogP contribution in [0.25, 0.3) is 0 Å². The fourth-order valence-electron chi connectivity index (χ4n) is 2.33. The van der Waals surface area contributed by atoms with Crippen molar-refractivity contribution in [2.45, 2.75) is 45.3 Å². The second-order valence-electron chi connectivity index (χ2n) is 5.33. The number of hydrogen-bond donors (Lipinski definition) is 2. The molecule has 102 valence electrons. The molecule has 1 fully saturated rings. The average molecular weight is 245 g/mol. The highest BCUT2D eigenvalue weighted by molar-refractivity contribution is 4.84. The van der Waals surface area contributed by atoms with E-state index in [4.69, 9.17) is 9.47 Å². The van der Waals surface area contributed by atoms with E-state index in [2.05, 4.69) is 19.2 Å². The molecular formula is C13H27NO3. The molecule has 1 heterocycles. The van der Waals surface area contributed by atoms with Crippen molar-refractivity contribution in [2.75, 3.05) is 33.0 Å². The highest BCUT2D eigenvalue weighted by atomic mass is 16.5. The van der Waals surface area contributed by atoms with E-state index in [9.17, 15) is 5.11 Å². The third-order valence-electron chi connectivity index (χ3n) is 3.33. The van der Waals surface area contributed by atoms with Gasteiger partial charge in [0.2, 0.25) is 0 Å². The second kappa shape index (κ2) is 7.31. The molecular weight excluding hydrogens is 218 g/mol. The molecule has 4 heteroatoms. The van der Waals surface area contributed by atoms with Crippen LogP contribution in [0.1, 0.15) is 33.6 Å². The predicted molar refractivity (Wildman–Crippen MR) is 68.1 cm³/mol. The molecule has 0 saturated carbocycles. The van der Waals surface area contributed by atoms with Gasteiger partial charge in [0, 0.05) is 18.1 Å². The van der Waals surface area contributed by atoms with E-state index in [0.717, 1.165) is 39.2 Å². The van der Waals surface area contributed by atoms with Gasteiger partial charge in [0.05, 0.1) is 25.9 Å². The number of nitrogens with one attached hydrogen (secondary N) is 1. The molecule has 0 aromatic heterocycles. The van der Waals surface area contributed by atoms with Gasteiger partial charge < -0.3 is 19.9 Å². The summed E-state index contributed by atoms with van der Waals surface area (Å²) in [6, 6.07) is 0. The molecule has 4 nitrogen and oxygen atoms in total. The van der Waals surface area contributed by atoms with Crippen molar-refractivity contribution in [1.29, 1.82) is 0 Å². The van der Waals surface area contributed by atoms with Gasteiger partial charge in [0.1, 0.15) is 0 Å². The largest absolute Gasteiger partial charge is 0.394 e. The number of ether oxygens (including phenoxy) is 2. The van der Waals surface area contributed by atoms with E-state index in [1.807, 2.05) is 6.92 Å². The van der Waals surface area contributed by atoms with Gasteiger partial charge in [-0.3, -0.25) is 0 Å². The summed E-state index contributed by atoms with van der Waals surface area (Å²) in [6.07, 6.45) is 2.09. The zero-order valence-corrected chi connectivity index (χ0v) is 11.4. The Kier molecular flexibility index (Phi) is 6.41. The summed E-state index contributed by atoms with van der Waals surface area (Å²) >= 11 is 0. The number of aliphatic hydroxyl groups is 1. The molecule has 1 aliphatic rings. The normalized spacial score (nSPS) is 25.8. The Morgan fingerprint density at radius 1 is 1.59 bits per heavy atom. The molecule has 0 aliphatic carbocycles. The first-order valence-electron chi connectivity index (χ1n) is 6.65. The van der Waals surface area contributed by atoms with Crippen LogP contribution in [0.2, 0.25) is 0 Å². The number of likely N-dealkylation sites (N-methyl/N-ethyl adjacent to an activating group) is 1. The van der Waals surface area contributed by atoms with Crippen LogP contribution in [0.5, 0.6) is 0 Å². The van der Waals surface area contributed by atoms with E-state index in [0.29, 0.717) is 5.92 Å². The molecule has 1 saturated heterocycles. The van der Waals surface area contributed by atoms with Gasteiger partial charge in [-0.25, -0.2) is 0 Å². The minimum absolute atomic E-state index is 0.140. The van der Waals surface area contributed by atoms with Crippen LogP contribution < -0.4 is 5.32 Å². The molecule has 0 radical (unpaired) electrons. The average Bonchev–Trinajstić information content (AvgIpc) is 2.79. The highest BCUT2D eigenvalue weighted by Crippen LogP contribution is 2.17. The van der Waals surface area contributed by atoms with E-state index in [1.54, 1.807) is 0 Å². The van der Waals surface area contributed by atoms with E-state index >= 15 is 0 Å². The third-order valence-corrected chi connectivity index (χ3v) is 3.33. The highest BCUT2D eigenvalue weighted by Gasteiger charge is 2.26. The summed E-state index contributed by atoms with van der Waals surface area (Å²) < 4.78 is 11.2. The predicted octanol–water partition coefficient (Wildman–Crippen LogP) is 1.18. The van der Waals surface area contributed by atoms with Gasteiger partial charge in [0.25, 0.3) is 0 Å². The van der Waals surface area contributed by atoms with Gasteiger partial charge in [-0.15, -0.1) is 0 Å². The van der Waals surface area contributed by atoms with Crippen LogP contribution >= 0.6 is 0 Å². The molecule has 0 amide bonds. The van der Waals surface area contributed by atoms with Crippen molar-refractivity contribution in [3.63, 3.8) is 0 Å². The Morgan fingerprint density at radius 3 is 2.88 bits per heavy atom. The van der Waals surface area contributed by atoms with E-state index in [1.165, 1.54) is 0 Å². The lowest BCUT2D eigenvalue weighted by atomic mass is 9.95. The minimum atomic E-state index is -0.236. The number of aliphatic hydroxyl groups excluding tert-OH is 1. The van der Waals surface area contributed by atoms with Crippen LogP contribution in [-0.2, 0) is 9.47 Å². The lowest BCUT2D eigenvalue weighted by molar-refractivity contribution is 0.00869. The molecule has 0 aromatic rings. The van der Waals surface area contributed by atoms with Crippen LogP contribution in [0.4, 0.5) is 0 Å². The zero-order chi connectivity index (χ0) is 12.7. The molecule has 2 N–H and O–H groups in total. The minimum Gasteiger partial charge on any atom is -0.394 e. The molecule has 3 unspecified atom stereocenters. The summed E-state index contributed by atoms with van der Waals surface area (Å²) in [5.74, 6) is 0.553. The Labute approximate surface area is 105 Å². The van der Waals surface area contributed by atoms with Gasteiger partial charge in [-0.1, -0.05) is 6.92 Å². The molecule has 1 aliphatic heterocycles. The number of hydrogen-bond acceptors (Lipinski definition) is 4. The van der Waals surface area contributed by atoms with Crippen molar-refractivity contribution < 1.29 is 14.6 Å². The first-order chi connectivity index (χ1) is 8.09. The Bertz CT molecular complexity index is 207. The van der Waals surface area contributed by atoms with Gasteiger partial charge in [-0.2, -0.15) is 0 Å². The molecule has 0 aromatic carbocycles. The molecule has 1 rings (SSSR count). The van der Waals surface area contributed by atoms with Crippen LogP contribution in [0.3, 0.4) is 0 Å². The molecule has 0 spiro atoms. The van der Waals surface area contributed by atoms with Gasteiger partial charge in [-0.05, 0) is 33.2 Å². The summed E-state index contributed by atoms with van der Waals surface area (Å²) in [5.41, 5.74) is -0.236. The van der Waals surface area contributed by atoms with E-state index in [-0.39, 0.29) is 18.2 Å². The van der Waals surface area contributed by atoms with Crippen molar-refractivity contribution in [1.82, 2.24) is 5.32 Å². The number of rotatable bonds is 8. The second-order valence-corrected chi connectivity index (χ2v) is 5.33. The smallest absolute Gasteiger partial charge is 0.0611 e. The van der Waals surface area contributed by atoms with Crippen molar-refractivity contribution >= 4 is 0 Å². The Balaban J connectivity index is 2.24. The summed E-state index contributed by atoms with van der Waals surface area (Å²) in [5, 5.41) is 12.7. The summed E-state index contributed by atoms with van der Waals surface area (Å²) in [7, 11) is 0. The Hall–Kier alpha value is -0.160. The fourth-order valence-corrected chi connectivity index (χ4v) is 2.33. The SMILES string of the molecule is CCNC(C)(CO)CC(C)OCC1CCOC1. The first-order valence-corrected chi connectivity index (χ1v) is 6.65. The lowest BCUT2D eigenvalue weighted by Gasteiger charge is -2.31. The fraction of sp³-hybridized carbons (Fsp3) is 1.00. The monoisotopic (exact) mass is 245 g/mol. The maximum absolute atomic E-state index is 9.41. The molecule has 17 heavy (non-hydrogen) atoms. The maximum Gasteiger partial charge on any atom is 0.0611 e. The standard InChI is InChI=1S/C13H27NO3/c1-4-14-13(3,10-15)7-11(2)17-9-12-5-6-16-8-12/h11-12,14-15H,4-10H2,1-3H3. The first kappa shape index (κ1) is 14.9. The van der Waals surface area contributed by atoms with Crippen molar-refractivity contribution in [2.24, 2.45) is 5.92 Å².